The van der Waals surface area contributed by atoms with Gasteiger partial charge in [0.25, 0.3) is 0 Å². The Kier molecular flexibility index (Phi) is 6.42. The highest BCUT2D eigenvalue weighted by molar-refractivity contribution is 5.89. The molecule has 0 aromatic carbocycles. The fourth-order valence-electron chi connectivity index (χ4n) is 3.40. The molecule has 1 saturated heterocycles. The van der Waals surface area contributed by atoms with Gasteiger partial charge in [0, 0.05) is 38.0 Å². The van der Waals surface area contributed by atoms with Crippen LogP contribution in [0, 0.1) is 5.92 Å². The first-order valence-corrected chi connectivity index (χ1v) is 8.84. The summed E-state index contributed by atoms with van der Waals surface area (Å²) in [5, 5.41) is 5.83. The molecule has 2 fully saturated rings. The molecule has 3 amide bonds. The molecule has 23 heavy (non-hydrogen) atoms. The van der Waals surface area contributed by atoms with Crippen LogP contribution < -0.4 is 10.6 Å². The lowest BCUT2D eigenvalue weighted by Gasteiger charge is -2.22. The van der Waals surface area contributed by atoms with Crippen LogP contribution in [0.5, 0.6) is 0 Å². The number of likely N-dealkylation sites (tertiary alicyclic amines) is 1. The highest BCUT2D eigenvalue weighted by atomic mass is 16.2. The van der Waals surface area contributed by atoms with Gasteiger partial charge in [0.2, 0.25) is 17.7 Å². The van der Waals surface area contributed by atoms with E-state index in [1.165, 1.54) is 19.3 Å². The van der Waals surface area contributed by atoms with Gasteiger partial charge >= 0.3 is 0 Å². The molecule has 1 saturated carbocycles. The fraction of sp³-hybridized carbons (Fsp3) is 0.824. The Bertz CT molecular complexity index is 444. The Morgan fingerprint density at radius 2 is 1.91 bits per heavy atom. The largest absolute Gasteiger partial charge is 0.355 e. The average Bonchev–Trinajstić information content (AvgIpc) is 2.90. The summed E-state index contributed by atoms with van der Waals surface area (Å²) in [6, 6.07) is 0.431. The van der Waals surface area contributed by atoms with Crippen LogP contribution in [0.2, 0.25) is 0 Å². The van der Waals surface area contributed by atoms with E-state index in [1.807, 2.05) is 13.8 Å². The minimum atomic E-state index is -0.286. The molecule has 6 heteroatoms. The molecule has 1 heterocycles. The molecule has 0 bridgehead atoms. The summed E-state index contributed by atoms with van der Waals surface area (Å²) < 4.78 is 0. The molecule has 1 atom stereocenters. The van der Waals surface area contributed by atoms with E-state index >= 15 is 0 Å². The number of amides is 3. The van der Waals surface area contributed by atoms with E-state index in [4.69, 9.17) is 0 Å². The second-order valence-electron chi connectivity index (χ2n) is 6.98. The first-order valence-electron chi connectivity index (χ1n) is 8.84. The average molecular weight is 323 g/mol. The molecule has 6 nitrogen and oxygen atoms in total. The summed E-state index contributed by atoms with van der Waals surface area (Å²) >= 11 is 0. The van der Waals surface area contributed by atoms with Crippen LogP contribution in [0.25, 0.3) is 0 Å². The SMILES string of the molecule is CC(C)N1C[C@@H](C(=O)NCCC(=O)NC2CCCCC2)CC1=O. The number of carbonyl (C=O) groups excluding carboxylic acids is 3. The molecule has 1 aliphatic heterocycles. The minimum absolute atomic E-state index is 0.00325. The van der Waals surface area contributed by atoms with Gasteiger partial charge in [-0.05, 0) is 26.7 Å². The summed E-state index contributed by atoms with van der Waals surface area (Å²) in [7, 11) is 0. The van der Waals surface area contributed by atoms with Crippen molar-refractivity contribution in [2.75, 3.05) is 13.1 Å². The third-order valence-corrected chi connectivity index (χ3v) is 4.77. The zero-order chi connectivity index (χ0) is 16.8. The van der Waals surface area contributed by atoms with Crippen molar-refractivity contribution in [3.05, 3.63) is 0 Å². The number of carbonyl (C=O) groups is 3. The van der Waals surface area contributed by atoms with Gasteiger partial charge < -0.3 is 15.5 Å². The van der Waals surface area contributed by atoms with Crippen molar-refractivity contribution in [3.8, 4) is 0 Å². The molecule has 1 aliphatic carbocycles. The summed E-state index contributed by atoms with van der Waals surface area (Å²) in [6.07, 6.45) is 6.33. The van der Waals surface area contributed by atoms with Crippen LogP contribution in [0.1, 0.15) is 58.8 Å². The maximum atomic E-state index is 12.1. The molecule has 2 rings (SSSR count). The lowest BCUT2D eigenvalue weighted by atomic mass is 9.95. The maximum absolute atomic E-state index is 12.1. The Morgan fingerprint density at radius 1 is 1.22 bits per heavy atom. The molecule has 130 valence electrons. The first-order chi connectivity index (χ1) is 11.0. The van der Waals surface area contributed by atoms with Gasteiger partial charge in [0.1, 0.15) is 0 Å². The van der Waals surface area contributed by atoms with E-state index in [9.17, 15) is 14.4 Å². The molecular formula is C17H29N3O3. The summed E-state index contributed by atoms with van der Waals surface area (Å²) in [6.45, 7) is 4.72. The van der Waals surface area contributed by atoms with Gasteiger partial charge in [0.05, 0.1) is 5.92 Å². The molecule has 0 radical (unpaired) electrons. The zero-order valence-corrected chi connectivity index (χ0v) is 14.3. The van der Waals surface area contributed by atoms with E-state index in [1.54, 1.807) is 4.90 Å². The quantitative estimate of drug-likeness (QED) is 0.771. The van der Waals surface area contributed by atoms with Crippen molar-refractivity contribution < 1.29 is 14.4 Å². The monoisotopic (exact) mass is 323 g/mol. The van der Waals surface area contributed by atoms with E-state index in [0.717, 1.165) is 12.8 Å². The molecular weight excluding hydrogens is 294 g/mol. The molecule has 0 aromatic rings. The fourth-order valence-corrected chi connectivity index (χ4v) is 3.40. The van der Waals surface area contributed by atoms with Gasteiger partial charge in [-0.1, -0.05) is 19.3 Å². The third-order valence-electron chi connectivity index (χ3n) is 4.77. The van der Waals surface area contributed by atoms with Crippen molar-refractivity contribution in [1.82, 2.24) is 15.5 Å². The first kappa shape index (κ1) is 17.8. The summed E-state index contributed by atoms with van der Waals surface area (Å²) in [5.41, 5.74) is 0. The standard InChI is InChI=1S/C17H29N3O3/c1-12(2)20-11-13(10-16(20)22)17(23)18-9-8-15(21)19-14-6-4-3-5-7-14/h12-14H,3-11H2,1-2H3,(H,18,23)(H,19,21)/t13-/m0/s1. The van der Waals surface area contributed by atoms with E-state index < -0.39 is 0 Å². The summed E-state index contributed by atoms with van der Waals surface area (Å²) in [5.74, 6) is -0.364. The Balaban J connectivity index is 1.64. The van der Waals surface area contributed by atoms with Gasteiger partial charge in [0.15, 0.2) is 0 Å². The maximum Gasteiger partial charge on any atom is 0.225 e. The van der Waals surface area contributed by atoms with E-state index in [2.05, 4.69) is 10.6 Å². The van der Waals surface area contributed by atoms with Gasteiger partial charge in [-0.25, -0.2) is 0 Å². The third kappa shape index (κ3) is 5.22. The Hall–Kier alpha value is -1.59. The van der Waals surface area contributed by atoms with Crippen LogP contribution in [0.4, 0.5) is 0 Å². The molecule has 0 spiro atoms. The second-order valence-corrected chi connectivity index (χ2v) is 6.98. The highest BCUT2D eigenvalue weighted by Gasteiger charge is 2.35. The molecule has 0 aromatic heterocycles. The number of nitrogens with zero attached hydrogens (tertiary/aromatic N) is 1. The van der Waals surface area contributed by atoms with Crippen LogP contribution >= 0.6 is 0 Å². The molecule has 2 N–H and O–H groups in total. The predicted molar refractivity (Wildman–Crippen MR) is 87.6 cm³/mol. The van der Waals surface area contributed by atoms with Crippen LogP contribution in [0.15, 0.2) is 0 Å². The topological polar surface area (TPSA) is 78.5 Å². The molecule has 2 aliphatic rings. The van der Waals surface area contributed by atoms with Gasteiger partial charge in [-0.3, -0.25) is 14.4 Å². The van der Waals surface area contributed by atoms with Crippen LogP contribution in [0.3, 0.4) is 0 Å². The lowest BCUT2D eigenvalue weighted by molar-refractivity contribution is -0.130. The van der Waals surface area contributed by atoms with Gasteiger partial charge in [-0.2, -0.15) is 0 Å². The summed E-state index contributed by atoms with van der Waals surface area (Å²) in [4.78, 5) is 37.5. The smallest absolute Gasteiger partial charge is 0.225 e. The van der Waals surface area contributed by atoms with Crippen LogP contribution in [-0.4, -0.2) is 47.8 Å². The van der Waals surface area contributed by atoms with Gasteiger partial charge in [-0.15, -0.1) is 0 Å². The minimum Gasteiger partial charge on any atom is -0.355 e. The second kappa shape index (κ2) is 8.31. The number of hydrogen-bond acceptors (Lipinski definition) is 3. The van der Waals surface area contributed by atoms with Crippen molar-refractivity contribution in [2.24, 2.45) is 5.92 Å². The predicted octanol–water partition coefficient (Wildman–Crippen LogP) is 1.20. The highest BCUT2D eigenvalue weighted by Crippen LogP contribution is 2.20. The van der Waals surface area contributed by atoms with E-state index in [0.29, 0.717) is 25.6 Å². The van der Waals surface area contributed by atoms with Crippen molar-refractivity contribution >= 4 is 17.7 Å². The number of nitrogens with one attached hydrogen (secondary N) is 2. The van der Waals surface area contributed by atoms with Crippen molar-refractivity contribution in [2.45, 2.75) is 70.9 Å². The zero-order valence-electron chi connectivity index (χ0n) is 14.3. The van der Waals surface area contributed by atoms with Crippen molar-refractivity contribution in [3.63, 3.8) is 0 Å². The molecule has 0 unspecified atom stereocenters. The Morgan fingerprint density at radius 3 is 2.52 bits per heavy atom. The normalized spacial score (nSPS) is 22.5. The van der Waals surface area contributed by atoms with Crippen LogP contribution in [-0.2, 0) is 14.4 Å². The number of hydrogen-bond donors (Lipinski definition) is 2. The lowest BCUT2D eigenvalue weighted by Crippen LogP contribution is -2.39. The number of rotatable bonds is 6. The van der Waals surface area contributed by atoms with E-state index in [-0.39, 0.29) is 36.1 Å². The van der Waals surface area contributed by atoms with Crippen molar-refractivity contribution in [1.29, 1.82) is 0 Å². The Labute approximate surface area is 138 Å².